The number of benzene rings is 1. The summed E-state index contributed by atoms with van der Waals surface area (Å²) in [7, 11) is 0. The maximum absolute atomic E-state index is 12.0. The molecule has 1 fully saturated rings. The SMILES string of the molecule is Cc1ccc(CO)cc1NC(=O)CC1(O)CCCC1. The van der Waals surface area contributed by atoms with Gasteiger partial charge >= 0.3 is 0 Å². The number of carbonyl (C=O) groups is 1. The van der Waals surface area contributed by atoms with Crippen LogP contribution >= 0.6 is 0 Å². The van der Waals surface area contributed by atoms with Crippen molar-refractivity contribution in [2.24, 2.45) is 0 Å². The minimum atomic E-state index is -0.827. The van der Waals surface area contributed by atoms with Crippen molar-refractivity contribution in [3.63, 3.8) is 0 Å². The molecule has 0 bridgehead atoms. The van der Waals surface area contributed by atoms with Crippen LogP contribution in [0.25, 0.3) is 0 Å². The molecule has 0 aromatic heterocycles. The fourth-order valence-corrected chi connectivity index (χ4v) is 2.61. The van der Waals surface area contributed by atoms with Gasteiger partial charge < -0.3 is 15.5 Å². The molecule has 0 heterocycles. The molecule has 4 nitrogen and oxygen atoms in total. The Hall–Kier alpha value is -1.39. The van der Waals surface area contributed by atoms with Gasteiger partial charge in [-0.3, -0.25) is 4.79 Å². The van der Waals surface area contributed by atoms with Crippen molar-refractivity contribution in [1.29, 1.82) is 0 Å². The molecule has 1 saturated carbocycles. The highest BCUT2D eigenvalue weighted by Gasteiger charge is 2.33. The number of aliphatic hydroxyl groups is 2. The first-order valence-electron chi connectivity index (χ1n) is 6.75. The minimum absolute atomic E-state index is 0.0485. The Kier molecular flexibility index (Phi) is 4.22. The van der Waals surface area contributed by atoms with Crippen molar-refractivity contribution < 1.29 is 15.0 Å². The highest BCUT2D eigenvalue weighted by molar-refractivity contribution is 5.92. The Morgan fingerprint density at radius 2 is 2.05 bits per heavy atom. The zero-order chi connectivity index (χ0) is 13.9. The zero-order valence-electron chi connectivity index (χ0n) is 11.3. The summed E-state index contributed by atoms with van der Waals surface area (Å²) in [5.74, 6) is -0.164. The molecule has 0 atom stereocenters. The summed E-state index contributed by atoms with van der Waals surface area (Å²) in [6, 6.07) is 5.47. The lowest BCUT2D eigenvalue weighted by molar-refractivity contribution is -0.120. The summed E-state index contributed by atoms with van der Waals surface area (Å²) in [6.45, 7) is 1.86. The molecule has 0 spiro atoms. The van der Waals surface area contributed by atoms with E-state index in [2.05, 4.69) is 5.32 Å². The number of aryl methyl sites for hydroxylation is 1. The normalized spacial score (nSPS) is 17.4. The molecule has 0 unspecified atom stereocenters. The Balaban J connectivity index is 2.02. The summed E-state index contributed by atoms with van der Waals surface area (Å²) < 4.78 is 0. The second-order valence-electron chi connectivity index (χ2n) is 5.46. The topological polar surface area (TPSA) is 69.6 Å². The standard InChI is InChI=1S/C15H21NO3/c1-11-4-5-12(10-17)8-13(11)16-14(18)9-15(19)6-2-3-7-15/h4-5,8,17,19H,2-3,6-7,9-10H2,1H3,(H,16,18). The highest BCUT2D eigenvalue weighted by atomic mass is 16.3. The molecule has 1 aromatic rings. The first-order valence-corrected chi connectivity index (χ1v) is 6.75. The van der Waals surface area contributed by atoms with Crippen molar-refractivity contribution in [2.75, 3.05) is 5.32 Å². The zero-order valence-corrected chi connectivity index (χ0v) is 11.3. The monoisotopic (exact) mass is 263 g/mol. The number of anilines is 1. The second-order valence-corrected chi connectivity index (χ2v) is 5.46. The maximum atomic E-state index is 12.0. The van der Waals surface area contributed by atoms with Crippen LogP contribution in [0.5, 0.6) is 0 Å². The van der Waals surface area contributed by atoms with Gasteiger partial charge in [0.1, 0.15) is 0 Å². The van der Waals surface area contributed by atoms with Gasteiger partial charge in [-0.15, -0.1) is 0 Å². The van der Waals surface area contributed by atoms with Gasteiger partial charge in [-0.2, -0.15) is 0 Å². The number of nitrogens with one attached hydrogen (secondary N) is 1. The maximum Gasteiger partial charge on any atom is 0.227 e. The Morgan fingerprint density at radius 3 is 2.68 bits per heavy atom. The van der Waals surface area contributed by atoms with Crippen LogP contribution in [0, 0.1) is 6.92 Å². The van der Waals surface area contributed by atoms with E-state index < -0.39 is 5.60 Å². The van der Waals surface area contributed by atoms with Crippen LogP contribution < -0.4 is 5.32 Å². The van der Waals surface area contributed by atoms with Gasteiger partial charge in [0.2, 0.25) is 5.91 Å². The van der Waals surface area contributed by atoms with Crippen molar-refractivity contribution in [2.45, 2.75) is 51.2 Å². The number of hydrogen-bond acceptors (Lipinski definition) is 3. The minimum Gasteiger partial charge on any atom is -0.392 e. The predicted octanol–water partition coefficient (Wildman–Crippen LogP) is 2.12. The third-order valence-electron chi connectivity index (χ3n) is 3.78. The summed E-state index contributed by atoms with van der Waals surface area (Å²) in [5.41, 5.74) is 1.59. The third-order valence-corrected chi connectivity index (χ3v) is 3.78. The molecule has 0 saturated heterocycles. The Morgan fingerprint density at radius 1 is 1.37 bits per heavy atom. The van der Waals surface area contributed by atoms with E-state index in [1.165, 1.54) is 0 Å². The lowest BCUT2D eigenvalue weighted by Crippen LogP contribution is -2.30. The molecule has 0 radical (unpaired) electrons. The molecular formula is C15H21NO3. The molecule has 1 aliphatic carbocycles. The first kappa shape index (κ1) is 14.0. The van der Waals surface area contributed by atoms with Crippen LogP contribution in [0.4, 0.5) is 5.69 Å². The molecule has 1 amide bonds. The fourth-order valence-electron chi connectivity index (χ4n) is 2.61. The number of rotatable bonds is 4. The van der Waals surface area contributed by atoms with Gasteiger partial charge in [0.15, 0.2) is 0 Å². The summed E-state index contributed by atoms with van der Waals surface area (Å²) >= 11 is 0. The quantitative estimate of drug-likeness (QED) is 0.779. The van der Waals surface area contributed by atoms with Gasteiger partial charge in [0.05, 0.1) is 18.6 Å². The van der Waals surface area contributed by atoms with Crippen LogP contribution in [0.15, 0.2) is 18.2 Å². The Labute approximate surface area is 113 Å². The van der Waals surface area contributed by atoms with Crippen molar-refractivity contribution in [1.82, 2.24) is 0 Å². The highest BCUT2D eigenvalue weighted by Crippen LogP contribution is 2.32. The summed E-state index contributed by atoms with van der Waals surface area (Å²) in [4.78, 5) is 12.0. The molecule has 19 heavy (non-hydrogen) atoms. The van der Waals surface area contributed by atoms with Gasteiger partial charge in [-0.25, -0.2) is 0 Å². The van der Waals surface area contributed by atoms with E-state index >= 15 is 0 Å². The van der Waals surface area contributed by atoms with Gasteiger partial charge in [0, 0.05) is 5.69 Å². The van der Waals surface area contributed by atoms with Crippen LogP contribution in [0.2, 0.25) is 0 Å². The van der Waals surface area contributed by atoms with E-state index in [0.717, 1.165) is 24.0 Å². The molecule has 4 heteroatoms. The summed E-state index contributed by atoms with van der Waals surface area (Å²) in [6.07, 6.45) is 3.54. The van der Waals surface area contributed by atoms with E-state index in [0.29, 0.717) is 18.5 Å². The average molecular weight is 263 g/mol. The van der Waals surface area contributed by atoms with E-state index in [4.69, 9.17) is 5.11 Å². The molecule has 2 rings (SSSR count). The van der Waals surface area contributed by atoms with Crippen molar-refractivity contribution in [3.05, 3.63) is 29.3 Å². The summed E-state index contributed by atoms with van der Waals surface area (Å²) in [5, 5.41) is 22.1. The molecule has 1 aliphatic rings. The Bertz CT molecular complexity index is 464. The molecule has 1 aromatic carbocycles. The molecule has 3 N–H and O–H groups in total. The number of carbonyl (C=O) groups excluding carboxylic acids is 1. The fraction of sp³-hybridized carbons (Fsp3) is 0.533. The van der Waals surface area contributed by atoms with Crippen molar-refractivity contribution in [3.8, 4) is 0 Å². The van der Waals surface area contributed by atoms with Crippen molar-refractivity contribution >= 4 is 11.6 Å². The van der Waals surface area contributed by atoms with Gasteiger partial charge in [-0.1, -0.05) is 25.0 Å². The average Bonchev–Trinajstić information content (AvgIpc) is 2.78. The van der Waals surface area contributed by atoms with E-state index in [1.54, 1.807) is 6.07 Å². The van der Waals surface area contributed by atoms with E-state index in [9.17, 15) is 9.90 Å². The van der Waals surface area contributed by atoms with E-state index in [1.807, 2.05) is 19.1 Å². The number of aliphatic hydroxyl groups excluding tert-OH is 1. The van der Waals surface area contributed by atoms with Crippen LogP contribution in [0.1, 0.15) is 43.2 Å². The second kappa shape index (κ2) is 5.72. The van der Waals surface area contributed by atoms with Crippen LogP contribution in [-0.2, 0) is 11.4 Å². The predicted molar refractivity (Wildman–Crippen MR) is 73.8 cm³/mol. The smallest absolute Gasteiger partial charge is 0.227 e. The third kappa shape index (κ3) is 3.55. The largest absolute Gasteiger partial charge is 0.392 e. The number of amides is 1. The molecule has 104 valence electrons. The van der Waals surface area contributed by atoms with Gasteiger partial charge in [0.25, 0.3) is 0 Å². The van der Waals surface area contributed by atoms with E-state index in [-0.39, 0.29) is 18.9 Å². The van der Waals surface area contributed by atoms with Crippen LogP contribution in [0.3, 0.4) is 0 Å². The number of hydrogen-bond donors (Lipinski definition) is 3. The lowest BCUT2D eigenvalue weighted by Gasteiger charge is -2.21. The molecular weight excluding hydrogens is 242 g/mol. The van der Waals surface area contributed by atoms with Gasteiger partial charge in [-0.05, 0) is 37.0 Å². The van der Waals surface area contributed by atoms with Crippen LogP contribution in [-0.4, -0.2) is 21.7 Å². The first-order chi connectivity index (χ1) is 9.02. The molecule has 0 aliphatic heterocycles. The lowest BCUT2D eigenvalue weighted by atomic mass is 9.97.